The SMILES string of the molecule is Cc1ccc(CN2CCC[C@@H](c3nc4ccc(N5CCCC5)cn4n3)C2)s1. The van der Waals surface area contributed by atoms with Crippen molar-refractivity contribution >= 4 is 22.7 Å². The maximum Gasteiger partial charge on any atom is 0.156 e. The zero-order valence-electron chi connectivity index (χ0n) is 16.0. The van der Waals surface area contributed by atoms with Gasteiger partial charge >= 0.3 is 0 Å². The van der Waals surface area contributed by atoms with E-state index in [9.17, 15) is 0 Å². The first-order valence-corrected chi connectivity index (χ1v) is 11.0. The van der Waals surface area contributed by atoms with Crippen LogP contribution in [-0.4, -0.2) is 45.7 Å². The molecule has 0 radical (unpaired) electrons. The van der Waals surface area contributed by atoms with Crippen LogP contribution in [0.5, 0.6) is 0 Å². The van der Waals surface area contributed by atoms with Crippen molar-refractivity contribution in [2.24, 2.45) is 0 Å². The van der Waals surface area contributed by atoms with E-state index >= 15 is 0 Å². The van der Waals surface area contributed by atoms with Crippen molar-refractivity contribution in [1.29, 1.82) is 0 Å². The minimum absolute atomic E-state index is 0.440. The number of thiophene rings is 1. The molecule has 0 unspecified atom stereocenters. The first-order valence-electron chi connectivity index (χ1n) is 10.1. The molecule has 0 spiro atoms. The zero-order chi connectivity index (χ0) is 18.2. The molecule has 0 aromatic carbocycles. The monoisotopic (exact) mass is 381 g/mol. The zero-order valence-corrected chi connectivity index (χ0v) is 16.8. The van der Waals surface area contributed by atoms with Gasteiger partial charge in [0, 0.05) is 41.9 Å². The number of piperidine rings is 1. The number of likely N-dealkylation sites (tertiary alicyclic amines) is 1. The van der Waals surface area contributed by atoms with Crippen LogP contribution >= 0.6 is 11.3 Å². The lowest BCUT2D eigenvalue weighted by atomic mass is 9.97. The number of pyridine rings is 1. The summed E-state index contributed by atoms with van der Waals surface area (Å²) >= 11 is 1.91. The normalized spacial score (nSPS) is 21.4. The van der Waals surface area contributed by atoms with Gasteiger partial charge in [-0.1, -0.05) is 0 Å². The Morgan fingerprint density at radius 3 is 2.78 bits per heavy atom. The van der Waals surface area contributed by atoms with Gasteiger partial charge in [0.1, 0.15) is 0 Å². The fraction of sp³-hybridized carbons (Fsp3) is 0.524. The molecule has 2 fully saturated rings. The van der Waals surface area contributed by atoms with Gasteiger partial charge in [-0.15, -0.1) is 11.3 Å². The number of rotatable bonds is 4. The van der Waals surface area contributed by atoms with E-state index in [0.29, 0.717) is 5.92 Å². The standard InChI is InChI=1S/C21H27N5S/c1-16-6-8-19(27-16)15-24-10-4-5-17(13-24)21-22-20-9-7-18(14-26(20)23-21)25-11-2-3-12-25/h6-9,14,17H,2-5,10-13,15H2,1H3/t17-/m1/s1. The van der Waals surface area contributed by atoms with Crippen LogP contribution in [-0.2, 0) is 6.54 Å². The van der Waals surface area contributed by atoms with Gasteiger partial charge in [-0.2, -0.15) is 5.10 Å². The minimum Gasteiger partial charge on any atom is -0.370 e. The highest BCUT2D eigenvalue weighted by Gasteiger charge is 2.25. The highest BCUT2D eigenvalue weighted by atomic mass is 32.1. The lowest BCUT2D eigenvalue weighted by molar-refractivity contribution is 0.198. The first-order chi connectivity index (χ1) is 13.2. The third-order valence-electron chi connectivity index (χ3n) is 5.85. The molecule has 2 saturated heterocycles. The third-order valence-corrected chi connectivity index (χ3v) is 6.83. The molecule has 2 aliphatic rings. The van der Waals surface area contributed by atoms with Gasteiger partial charge in [-0.3, -0.25) is 4.90 Å². The molecule has 0 N–H and O–H groups in total. The molecule has 5 heterocycles. The van der Waals surface area contributed by atoms with E-state index in [-0.39, 0.29) is 0 Å². The van der Waals surface area contributed by atoms with Crippen LogP contribution < -0.4 is 4.90 Å². The molecule has 5 nitrogen and oxygen atoms in total. The molecular weight excluding hydrogens is 354 g/mol. The molecule has 0 aliphatic carbocycles. The van der Waals surface area contributed by atoms with E-state index in [1.54, 1.807) is 0 Å². The van der Waals surface area contributed by atoms with Crippen molar-refractivity contribution in [3.8, 4) is 0 Å². The maximum atomic E-state index is 4.87. The van der Waals surface area contributed by atoms with Crippen molar-refractivity contribution in [2.75, 3.05) is 31.1 Å². The van der Waals surface area contributed by atoms with Gasteiger partial charge < -0.3 is 4.90 Å². The first kappa shape index (κ1) is 17.2. The van der Waals surface area contributed by atoms with Crippen LogP contribution in [0.25, 0.3) is 5.65 Å². The summed E-state index contributed by atoms with van der Waals surface area (Å²) < 4.78 is 1.99. The Morgan fingerprint density at radius 1 is 1.07 bits per heavy atom. The summed E-state index contributed by atoms with van der Waals surface area (Å²) in [5.74, 6) is 1.45. The van der Waals surface area contributed by atoms with E-state index in [4.69, 9.17) is 10.1 Å². The van der Waals surface area contributed by atoms with Gasteiger partial charge in [0.15, 0.2) is 11.5 Å². The number of anilines is 1. The van der Waals surface area contributed by atoms with E-state index < -0.39 is 0 Å². The average molecular weight is 382 g/mol. The molecular formula is C21H27N5S. The number of nitrogens with zero attached hydrogens (tertiary/aromatic N) is 5. The Balaban J connectivity index is 1.33. The van der Waals surface area contributed by atoms with Crippen molar-refractivity contribution < 1.29 is 0 Å². The van der Waals surface area contributed by atoms with E-state index in [2.05, 4.69) is 47.2 Å². The molecule has 5 rings (SSSR count). The van der Waals surface area contributed by atoms with Crippen LogP contribution in [0.2, 0.25) is 0 Å². The second kappa shape index (κ2) is 7.24. The maximum absolute atomic E-state index is 4.87. The molecule has 0 amide bonds. The molecule has 0 saturated carbocycles. The fourth-order valence-electron chi connectivity index (χ4n) is 4.43. The minimum atomic E-state index is 0.440. The van der Waals surface area contributed by atoms with Crippen LogP contribution in [0, 0.1) is 6.92 Å². The van der Waals surface area contributed by atoms with E-state index in [0.717, 1.165) is 37.7 Å². The van der Waals surface area contributed by atoms with Crippen LogP contribution in [0.3, 0.4) is 0 Å². The summed E-state index contributed by atoms with van der Waals surface area (Å²) in [7, 11) is 0. The summed E-state index contributed by atoms with van der Waals surface area (Å²) in [6.07, 6.45) is 7.16. The van der Waals surface area contributed by atoms with Gasteiger partial charge in [-0.25, -0.2) is 9.50 Å². The lowest BCUT2D eigenvalue weighted by Crippen LogP contribution is -2.34. The van der Waals surface area contributed by atoms with E-state index in [1.165, 1.54) is 47.7 Å². The van der Waals surface area contributed by atoms with E-state index in [1.807, 2.05) is 15.9 Å². The topological polar surface area (TPSA) is 36.7 Å². The summed E-state index contributed by atoms with van der Waals surface area (Å²) in [6, 6.07) is 8.82. The third kappa shape index (κ3) is 3.60. The van der Waals surface area contributed by atoms with Crippen molar-refractivity contribution in [2.45, 2.75) is 45.1 Å². The Morgan fingerprint density at radius 2 is 1.96 bits per heavy atom. The molecule has 0 bridgehead atoms. The second-order valence-corrected chi connectivity index (χ2v) is 9.31. The predicted octanol–water partition coefficient (Wildman–Crippen LogP) is 4.08. The summed E-state index contributed by atoms with van der Waals surface area (Å²) in [5.41, 5.74) is 2.24. The van der Waals surface area contributed by atoms with Crippen molar-refractivity contribution in [3.63, 3.8) is 0 Å². The number of hydrogen-bond acceptors (Lipinski definition) is 5. The van der Waals surface area contributed by atoms with Crippen molar-refractivity contribution in [1.82, 2.24) is 19.5 Å². The molecule has 142 valence electrons. The Bertz CT molecular complexity index is 924. The summed E-state index contributed by atoms with van der Waals surface area (Å²) in [6.45, 7) is 7.80. The van der Waals surface area contributed by atoms with Gasteiger partial charge in [0.05, 0.1) is 11.9 Å². The van der Waals surface area contributed by atoms with Crippen molar-refractivity contribution in [3.05, 3.63) is 46.0 Å². The highest BCUT2D eigenvalue weighted by molar-refractivity contribution is 7.11. The molecule has 1 atom stereocenters. The molecule has 27 heavy (non-hydrogen) atoms. The molecule has 3 aromatic heterocycles. The molecule has 3 aromatic rings. The largest absolute Gasteiger partial charge is 0.370 e. The molecule has 6 heteroatoms. The van der Waals surface area contributed by atoms with Crippen LogP contribution in [0.4, 0.5) is 5.69 Å². The van der Waals surface area contributed by atoms with Gasteiger partial charge in [0.25, 0.3) is 0 Å². The summed E-state index contributed by atoms with van der Waals surface area (Å²) in [4.78, 5) is 12.7. The van der Waals surface area contributed by atoms with Gasteiger partial charge in [0.2, 0.25) is 0 Å². The number of fused-ring (bicyclic) bond motifs is 1. The summed E-state index contributed by atoms with van der Waals surface area (Å²) in [5, 5.41) is 4.87. The van der Waals surface area contributed by atoms with Gasteiger partial charge in [-0.05, 0) is 63.4 Å². The Labute approximate surface area is 164 Å². The predicted molar refractivity (Wildman–Crippen MR) is 111 cm³/mol. The average Bonchev–Trinajstić information content (AvgIpc) is 3.42. The lowest BCUT2D eigenvalue weighted by Gasteiger charge is -2.30. The quantitative estimate of drug-likeness (QED) is 0.682. The number of aromatic nitrogens is 3. The Hall–Kier alpha value is -1.92. The fourth-order valence-corrected chi connectivity index (χ4v) is 5.36. The van der Waals surface area contributed by atoms with Crippen LogP contribution in [0.1, 0.15) is 47.2 Å². The second-order valence-electron chi connectivity index (χ2n) is 7.94. The Kier molecular flexibility index (Phi) is 4.61. The van der Waals surface area contributed by atoms with Crippen LogP contribution in [0.15, 0.2) is 30.5 Å². The number of aryl methyl sites for hydroxylation is 1. The number of hydrogen-bond donors (Lipinski definition) is 0. The smallest absolute Gasteiger partial charge is 0.156 e. The highest BCUT2D eigenvalue weighted by Crippen LogP contribution is 2.28. The molecule has 2 aliphatic heterocycles.